The molecule has 0 saturated heterocycles. The van der Waals surface area contributed by atoms with Gasteiger partial charge in [-0.15, -0.1) is 0 Å². The van der Waals surface area contributed by atoms with Crippen molar-refractivity contribution in [2.24, 2.45) is 0 Å². The molecule has 0 spiro atoms. The Kier molecular flexibility index (Phi) is 13.0. The molecule has 2 N–H and O–H groups in total. The zero-order valence-electron chi connectivity index (χ0n) is 23.3. The number of carbonyl (C=O) groups excluding carboxylic acids is 2. The fraction of sp³-hybridized carbons (Fsp3) is 0.562. The third-order valence-electron chi connectivity index (χ3n) is 7.17. The van der Waals surface area contributed by atoms with Gasteiger partial charge in [-0.2, -0.15) is 0 Å². The standard InChI is InChI=1S/C32H46N2O4/c1-3-5-7-11-23-37-27-19-15-25(16-20-27)31(35)33-29-13-9-10-14-30(29)34-32(36)26-17-21-28(22-18-26)38-24-12-8-6-4-2/h15-22,29-30H,3-14,23-24H2,1-2H3,(H,33,35)(H,34,36). The van der Waals surface area contributed by atoms with Crippen molar-refractivity contribution >= 4 is 11.8 Å². The second-order valence-corrected chi connectivity index (χ2v) is 10.3. The van der Waals surface area contributed by atoms with E-state index in [1.807, 2.05) is 24.3 Å². The number of benzene rings is 2. The van der Waals surface area contributed by atoms with Gasteiger partial charge >= 0.3 is 0 Å². The third kappa shape index (κ3) is 10.0. The van der Waals surface area contributed by atoms with Crippen molar-refractivity contribution in [3.8, 4) is 11.5 Å². The van der Waals surface area contributed by atoms with Gasteiger partial charge in [0, 0.05) is 23.2 Å². The SMILES string of the molecule is CCCCCCOc1ccc(C(=O)NC2CCCCC2NC(=O)c2ccc(OCCCCCC)cc2)cc1. The summed E-state index contributed by atoms with van der Waals surface area (Å²) in [7, 11) is 0. The fourth-order valence-corrected chi connectivity index (χ4v) is 4.82. The van der Waals surface area contributed by atoms with Crippen LogP contribution < -0.4 is 20.1 Å². The van der Waals surface area contributed by atoms with E-state index in [2.05, 4.69) is 24.5 Å². The van der Waals surface area contributed by atoms with Crippen molar-refractivity contribution in [3.63, 3.8) is 0 Å². The molecule has 0 aliphatic heterocycles. The Labute approximate surface area is 228 Å². The molecule has 3 rings (SSSR count). The Hall–Kier alpha value is -3.02. The maximum atomic E-state index is 13.0. The normalized spacial score (nSPS) is 17.0. The van der Waals surface area contributed by atoms with Crippen LogP contribution in [-0.2, 0) is 0 Å². The van der Waals surface area contributed by atoms with Gasteiger partial charge in [-0.1, -0.05) is 65.2 Å². The molecule has 2 amide bonds. The van der Waals surface area contributed by atoms with Crippen LogP contribution >= 0.6 is 0 Å². The summed E-state index contributed by atoms with van der Waals surface area (Å²) in [6.45, 7) is 5.78. The molecular weight excluding hydrogens is 476 g/mol. The monoisotopic (exact) mass is 522 g/mol. The Morgan fingerprint density at radius 2 is 1.03 bits per heavy atom. The van der Waals surface area contributed by atoms with Crippen LogP contribution in [0.25, 0.3) is 0 Å². The first-order chi connectivity index (χ1) is 18.6. The van der Waals surface area contributed by atoms with Crippen molar-refractivity contribution in [1.82, 2.24) is 10.6 Å². The van der Waals surface area contributed by atoms with Crippen molar-refractivity contribution in [1.29, 1.82) is 0 Å². The molecular formula is C32H46N2O4. The summed E-state index contributed by atoms with van der Waals surface area (Å²) in [5.41, 5.74) is 1.20. The summed E-state index contributed by atoms with van der Waals surface area (Å²) >= 11 is 0. The van der Waals surface area contributed by atoms with Crippen LogP contribution in [-0.4, -0.2) is 37.1 Å². The van der Waals surface area contributed by atoms with Gasteiger partial charge in [0.15, 0.2) is 0 Å². The lowest BCUT2D eigenvalue weighted by Gasteiger charge is -2.33. The van der Waals surface area contributed by atoms with Gasteiger partial charge < -0.3 is 20.1 Å². The molecule has 38 heavy (non-hydrogen) atoms. The zero-order valence-corrected chi connectivity index (χ0v) is 23.3. The molecule has 0 bridgehead atoms. The summed E-state index contributed by atoms with van der Waals surface area (Å²) < 4.78 is 11.6. The van der Waals surface area contributed by atoms with Crippen LogP contribution in [0.15, 0.2) is 48.5 Å². The first kappa shape index (κ1) is 29.5. The van der Waals surface area contributed by atoms with Crippen molar-refractivity contribution < 1.29 is 19.1 Å². The molecule has 0 radical (unpaired) electrons. The van der Waals surface area contributed by atoms with Crippen molar-refractivity contribution in [3.05, 3.63) is 59.7 Å². The predicted octanol–water partition coefficient (Wildman–Crippen LogP) is 7.08. The highest BCUT2D eigenvalue weighted by atomic mass is 16.5. The molecule has 2 atom stereocenters. The van der Waals surface area contributed by atoms with Gasteiger partial charge in [0.05, 0.1) is 13.2 Å². The molecule has 2 unspecified atom stereocenters. The Balaban J connectivity index is 1.47. The quantitative estimate of drug-likeness (QED) is 0.231. The van der Waals surface area contributed by atoms with Gasteiger partial charge in [-0.05, 0) is 74.2 Å². The van der Waals surface area contributed by atoms with Gasteiger partial charge in [0.2, 0.25) is 0 Å². The number of nitrogens with one attached hydrogen (secondary N) is 2. The van der Waals surface area contributed by atoms with E-state index in [4.69, 9.17) is 9.47 Å². The minimum atomic E-state index is -0.119. The highest BCUT2D eigenvalue weighted by Crippen LogP contribution is 2.21. The van der Waals surface area contributed by atoms with E-state index in [0.717, 1.165) is 50.0 Å². The van der Waals surface area contributed by atoms with Crippen LogP contribution in [0.4, 0.5) is 0 Å². The number of carbonyl (C=O) groups is 2. The number of hydrogen-bond acceptors (Lipinski definition) is 4. The lowest BCUT2D eigenvalue weighted by Crippen LogP contribution is -2.53. The summed E-state index contributed by atoms with van der Waals surface area (Å²) in [6.07, 6.45) is 13.1. The van der Waals surface area contributed by atoms with Gasteiger partial charge in [-0.25, -0.2) is 0 Å². The molecule has 0 heterocycles. The minimum Gasteiger partial charge on any atom is -0.494 e. The zero-order chi connectivity index (χ0) is 27.0. The number of amides is 2. The van der Waals surface area contributed by atoms with Gasteiger partial charge in [0.25, 0.3) is 11.8 Å². The van der Waals surface area contributed by atoms with E-state index in [1.54, 1.807) is 24.3 Å². The highest BCUT2D eigenvalue weighted by Gasteiger charge is 2.28. The minimum absolute atomic E-state index is 0.0968. The number of hydrogen-bond donors (Lipinski definition) is 2. The van der Waals surface area contributed by atoms with Gasteiger partial charge in [0.1, 0.15) is 11.5 Å². The number of ether oxygens (including phenoxy) is 2. The van der Waals surface area contributed by atoms with Crippen molar-refractivity contribution in [2.45, 2.75) is 103 Å². The second-order valence-electron chi connectivity index (χ2n) is 10.3. The molecule has 1 aliphatic rings. The molecule has 1 saturated carbocycles. The molecule has 6 nitrogen and oxygen atoms in total. The maximum absolute atomic E-state index is 13.0. The van der Waals surface area contributed by atoms with Crippen LogP contribution in [0.1, 0.15) is 112 Å². The first-order valence-corrected chi connectivity index (χ1v) is 14.7. The van der Waals surface area contributed by atoms with E-state index in [1.165, 1.54) is 38.5 Å². The van der Waals surface area contributed by atoms with E-state index in [9.17, 15) is 9.59 Å². The van der Waals surface area contributed by atoms with E-state index in [-0.39, 0.29) is 23.9 Å². The summed E-state index contributed by atoms with van der Waals surface area (Å²) in [6, 6.07) is 14.4. The molecule has 208 valence electrons. The van der Waals surface area contributed by atoms with E-state index < -0.39 is 0 Å². The Bertz CT molecular complexity index is 879. The molecule has 6 heteroatoms. The van der Waals surface area contributed by atoms with E-state index >= 15 is 0 Å². The molecule has 1 aliphatic carbocycles. The summed E-state index contributed by atoms with van der Waals surface area (Å²) in [4.78, 5) is 25.9. The lowest BCUT2D eigenvalue weighted by atomic mass is 9.89. The summed E-state index contributed by atoms with van der Waals surface area (Å²) in [5.74, 6) is 1.33. The molecule has 1 fully saturated rings. The number of rotatable bonds is 16. The summed E-state index contributed by atoms with van der Waals surface area (Å²) in [5, 5.41) is 6.32. The second kappa shape index (κ2) is 16.7. The van der Waals surface area contributed by atoms with Crippen LogP contribution in [0.3, 0.4) is 0 Å². The fourth-order valence-electron chi connectivity index (χ4n) is 4.82. The lowest BCUT2D eigenvalue weighted by molar-refractivity contribution is 0.0862. The first-order valence-electron chi connectivity index (χ1n) is 14.7. The molecule has 2 aromatic rings. The maximum Gasteiger partial charge on any atom is 0.251 e. The van der Waals surface area contributed by atoms with Crippen LogP contribution in [0.2, 0.25) is 0 Å². The van der Waals surface area contributed by atoms with Crippen molar-refractivity contribution in [2.75, 3.05) is 13.2 Å². The van der Waals surface area contributed by atoms with Crippen LogP contribution in [0.5, 0.6) is 11.5 Å². The average molecular weight is 523 g/mol. The Morgan fingerprint density at radius 1 is 0.632 bits per heavy atom. The molecule has 2 aromatic carbocycles. The Morgan fingerprint density at radius 3 is 1.39 bits per heavy atom. The smallest absolute Gasteiger partial charge is 0.251 e. The average Bonchev–Trinajstić information content (AvgIpc) is 2.94. The topological polar surface area (TPSA) is 76.7 Å². The largest absolute Gasteiger partial charge is 0.494 e. The highest BCUT2D eigenvalue weighted by molar-refractivity contribution is 5.95. The number of unbranched alkanes of at least 4 members (excludes halogenated alkanes) is 6. The third-order valence-corrected chi connectivity index (χ3v) is 7.17. The predicted molar refractivity (Wildman–Crippen MR) is 153 cm³/mol. The van der Waals surface area contributed by atoms with E-state index in [0.29, 0.717) is 24.3 Å². The van der Waals surface area contributed by atoms with Gasteiger partial charge in [-0.3, -0.25) is 9.59 Å². The molecule has 0 aromatic heterocycles. The van der Waals surface area contributed by atoms with Crippen LogP contribution in [0, 0.1) is 0 Å².